The number of pyridine rings is 1. The van der Waals surface area contributed by atoms with Crippen molar-refractivity contribution in [3.8, 4) is 0 Å². The van der Waals surface area contributed by atoms with Gasteiger partial charge < -0.3 is 15.2 Å². The van der Waals surface area contributed by atoms with Crippen molar-refractivity contribution in [1.82, 2.24) is 19.7 Å². The number of aliphatic hydroxyl groups is 1. The average molecular weight is 498 g/mol. The van der Waals surface area contributed by atoms with Crippen molar-refractivity contribution in [1.29, 1.82) is 0 Å². The summed E-state index contributed by atoms with van der Waals surface area (Å²) in [6, 6.07) is 6.01. The topological polar surface area (TPSA) is 92.5 Å². The number of anilines is 1. The van der Waals surface area contributed by atoms with Crippen molar-refractivity contribution in [3.05, 3.63) is 52.4 Å². The smallest absolute Gasteiger partial charge is 0.230 e. The number of amides is 1. The summed E-state index contributed by atoms with van der Waals surface area (Å²) in [7, 11) is 1.85. The van der Waals surface area contributed by atoms with E-state index in [1.54, 1.807) is 10.9 Å². The number of aryl methyl sites for hydroxylation is 2. The maximum Gasteiger partial charge on any atom is 0.230 e. The number of halogens is 1. The van der Waals surface area contributed by atoms with Crippen LogP contribution in [0.25, 0.3) is 10.8 Å². The SMILES string of the molecule is Cc1nn(C)cc1CC(=O)Nc1cc2cc(C3CCN(C4(C)COCC4O)CC3)c(Cl)cc2cn1. The maximum atomic E-state index is 12.6. The Morgan fingerprint density at radius 3 is 2.71 bits per heavy atom. The third-order valence-corrected chi connectivity index (χ3v) is 7.94. The van der Waals surface area contributed by atoms with Gasteiger partial charge in [0, 0.05) is 35.4 Å². The van der Waals surface area contributed by atoms with Crippen molar-refractivity contribution in [3.63, 3.8) is 0 Å². The van der Waals surface area contributed by atoms with E-state index in [0.29, 0.717) is 24.9 Å². The van der Waals surface area contributed by atoms with E-state index in [1.807, 2.05) is 32.3 Å². The third kappa shape index (κ3) is 4.80. The van der Waals surface area contributed by atoms with E-state index < -0.39 is 6.10 Å². The molecule has 186 valence electrons. The van der Waals surface area contributed by atoms with Crippen molar-refractivity contribution in [2.45, 2.75) is 50.7 Å². The molecule has 2 N–H and O–H groups in total. The highest BCUT2D eigenvalue weighted by Crippen LogP contribution is 2.38. The van der Waals surface area contributed by atoms with E-state index in [2.05, 4.69) is 33.3 Å². The lowest BCUT2D eigenvalue weighted by molar-refractivity contribution is -0.115. The fourth-order valence-corrected chi connectivity index (χ4v) is 5.73. The lowest BCUT2D eigenvalue weighted by Crippen LogP contribution is -2.56. The Morgan fingerprint density at radius 1 is 1.29 bits per heavy atom. The predicted molar refractivity (Wildman–Crippen MR) is 136 cm³/mol. The quantitative estimate of drug-likeness (QED) is 0.561. The average Bonchev–Trinajstić information content (AvgIpc) is 3.33. The van der Waals surface area contributed by atoms with Gasteiger partial charge in [0.2, 0.25) is 5.91 Å². The highest BCUT2D eigenvalue weighted by molar-refractivity contribution is 6.32. The van der Waals surface area contributed by atoms with Crippen LogP contribution in [-0.4, -0.2) is 68.6 Å². The molecule has 3 aromatic rings. The highest BCUT2D eigenvalue weighted by Gasteiger charge is 2.45. The molecule has 4 heterocycles. The molecule has 9 heteroatoms. The number of fused-ring (bicyclic) bond motifs is 1. The maximum absolute atomic E-state index is 12.6. The first kappa shape index (κ1) is 24.2. The molecule has 2 fully saturated rings. The number of aromatic nitrogens is 3. The molecule has 0 aliphatic carbocycles. The number of benzene rings is 1. The first-order valence-electron chi connectivity index (χ1n) is 12.1. The van der Waals surface area contributed by atoms with Gasteiger partial charge in [-0.3, -0.25) is 14.4 Å². The molecular weight excluding hydrogens is 466 g/mol. The Bertz CT molecular complexity index is 1250. The molecule has 0 radical (unpaired) electrons. The first-order valence-corrected chi connectivity index (χ1v) is 12.5. The van der Waals surface area contributed by atoms with Gasteiger partial charge in [-0.05, 0) is 74.8 Å². The van der Waals surface area contributed by atoms with Gasteiger partial charge >= 0.3 is 0 Å². The Balaban J connectivity index is 1.30. The van der Waals surface area contributed by atoms with Gasteiger partial charge in [-0.25, -0.2) is 4.98 Å². The van der Waals surface area contributed by atoms with Crippen LogP contribution < -0.4 is 5.32 Å². The van der Waals surface area contributed by atoms with Gasteiger partial charge in [-0.15, -0.1) is 0 Å². The number of carbonyl (C=O) groups is 1. The summed E-state index contributed by atoms with van der Waals surface area (Å²) in [5.41, 5.74) is 2.56. The lowest BCUT2D eigenvalue weighted by atomic mass is 9.85. The first-order chi connectivity index (χ1) is 16.7. The summed E-state index contributed by atoms with van der Waals surface area (Å²) >= 11 is 6.70. The molecule has 2 aromatic heterocycles. The molecule has 0 spiro atoms. The summed E-state index contributed by atoms with van der Waals surface area (Å²) < 4.78 is 7.24. The Labute approximate surface area is 210 Å². The van der Waals surface area contributed by atoms with E-state index in [1.165, 1.54) is 0 Å². The number of ether oxygens (including phenoxy) is 1. The molecule has 2 aliphatic rings. The van der Waals surface area contributed by atoms with Crippen molar-refractivity contribution < 1.29 is 14.6 Å². The standard InChI is InChI=1S/C26H32ClN5O3/c1-16-20(13-31(3)30-16)11-25(34)29-24-10-18-8-21(22(27)9-19(18)12-28-24)17-4-6-32(7-5-17)26(2)15-35-14-23(26)33/h8-10,12-13,17,23,33H,4-7,11,14-15H2,1-3H3,(H,28,29,34). The number of nitrogens with one attached hydrogen (secondary N) is 1. The largest absolute Gasteiger partial charge is 0.389 e. The van der Waals surface area contributed by atoms with E-state index >= 15 is 0 Å². The van der Waals surface area contributed by atoms with Crippen molar-refractivity contribution in [2.24, 2.45) is 7.05 Å². The van der Waals surface area contributed by atoms with Crippen LogP contribution in [0.3, 0.4) is 0 Å². The second kappa shape index (κ2) is 9.50. The zero-order valence-electron chi connectivity index (χ0n) is 20.4. The Hall–Kier alpha value is -2.52. The van der Waals surface area contributed by atoms with Crippen LogP contribution >= 0.6 is 11.6 Å². The molecule has 2 saturated heterocycles. The van der Waals surface area contributed by atoms with Gasteiger partial charge in [-0.1, -0.05) is 11.6 Å². The summed E-state index contributed by atoms with van der Waals surface area (Å²) in [6.45, 7) is 6.74. The fourth-order valence-electron chi connectivity index (χ4n) is 5.40. The molecule has 8 nitrogen and oxygen atoms in total. The van der Waals surface area contributed by atoms with Crippen LogP contribution in [0.5, 0.6) is 0 Å². The summed E-state index contributed by atoms with van der Waals surface area (Å²) in [6.07, 6.45) is 5.35. The monoisotopic (exact) mass is 497 g/mol. The van der Waals surface area contributed by atoms with Gasteiger partial charge in [0.25, 0.3) is 0 Å². The number of hydrogen-bond donors (Lipinski definition) is 2. The van der Waals surface area contributed by atoms with Crippen LogP contribution in [0.4, 0.5) is 5.82 Å². The number of nitrogens with zero attached hydrogens (tertiary/aromatic N) is 4. The molecule has 35 heavy (non-hydrogen) atoms. The molecular formula is C26H32ClN5O3. The predicted octanol–water partition coefficient (Wildman–Crippen LogP) is 3.44. The highest BCUT2D eigenvalue weighted by atomic mass is 35.5. The zero-order chi connectivity index (χ0) is 24.7. The lowest BCUT2D eigenvalue weighted by Gasteiger charge is -2.43. The van der Waals surface area contributed by atoms with Gasteiger partial charge in [-0.2, -0.15) is 5.10 Å². The van der Waals surface area contributed by atoms with Crippen LogP contribution in [0.2, 0.25) is 5.02 Å². The zero-order valence-corrected chi connectivity index (χ0v) is 21.2. The molecule has 2 aliphatic heterocycles. The van der Waals surface area contributed by atoms with Crippen molar-refractivity contribution in [2.75, 3.05) is 31.6 Å². The summed E-state index contributed by atoms with van der Waals surface area (Å²) in [4.78, 5) is 19.4. The van der Waals surface area contributed by atoms with Crippen LogP contribution in [0.1, 0.15) is 42.5 Å². The minimum absolute atomic E-state index is 0.124. The molecule has 0 saturated carbocycles. The molecule has 0 bridgehead atoms. The second-order valence-corrected chi connectivity index (χ2v) is 10.5. The number of carbonyl (C=O) groups excluding carboxylic acids is 1. The molecule has 2 unspecified atom stereocenters. The van der Waals surface area contributed by atoms with Crippen LogP contribution in [-0.2, 0) is 23.0 Å². The van der Waals surface area contributed by atoms with Gasteiger partial charge in [0.1, 0.15) is 5.82 Å². The van der Waals surface area contributed by atoms with E-state index in [9.17, 15) is 9.90 Å². The van der Waals surface area contributed by atoms with E-state index in [0.717, 1.165) is 58.5 Å². The number of piperidine rings is 1. The van der Waals surface area contributed by atoms with Crippen molar-refractivity contribution >= 4 is 34.1 Å². The van der Waals surface area contributed by atoms with Crippen LogP contribution in [0.15, 0.2) is 30.6 Å². The van der Waals surface area contributed by atoms with Crippen LogP contribution in [0, 0.1) is 6.92 Å². The van der Waals surface area contributed by atoms with E-state index in [4.69, 9.17) is 16.3 Å². The number of likely N-dealkylation sites (tertiary alicyclic amines) is 1. The summed E-state index contributed by atoms with van der Waals surface area (Å²) in [5, 5.41) is 20.3. The molecule has 1 amide bonds. The number of rotatable bonds is 5. The molecule has 1 aromatic carbocycles. The second-order valence-electron chi connectivity index (χ2n) is 10.1. The Morgan fingerprint density at radius 2 is 2.06 bits per heavy atom. The molecule has 5 rings (SSSR count). The minimum Gasteiger partial charge on any atom is -0.389 e. The Kier molecular flexibility index (Phi) is 6.57. The summed E-state index contributed by atoms with van der Waals surface area (Å²) in [5.74, 6) is 0.738. The minimum atomic E-state index is -0.452. The van der Waals surface area contributed by atoms with E-state index in [-0.39, 0.29) is 17.9 Å². The fraction of sp³-hybridized carbons (Fsp3) is 0.500. The number of aliphatic hydroxyl groups excluding tert-OH is 1. The molecule has 2 atom stereocenters. The van der Waals surface area contributed by atoms with Gasteiger partial charge in [0.15, 0.2) is 0 Å². The van der Waals surface area contributed by atoms with Gasteiger partial charge in [0.05, 0.1) is 37.0 Å². The third-order valence-electron chi connectivity index (χ3n) is 7.62. The number of hydrogen-bond acceptors (Lipinski definition) is 6. The normalized spacial score (nSPS) is 23.7.